The Balaban J connectivity index is 2.00. The van der Waals surface area contributed by atoms with Gasteiger partial charge in [-0.3, -0.25) is 0 Å². The van der Waals surface area contributed by atoms with Crippen LogP contribution in [0, 0.1) is 17.8 Å². The van der Waals surface area contributed by atoms with Gasteiger partial charge in [-0.15, -0.1) is 0 Å². The predicted octanol–water partition coefficient (Wildman–Crippen LogP) is 3.02. The van der Waals surface area contributed by atoms with E-state index in [9.17, 15) is 4.79 Å². The second-order valence-corrected chi connectivity index (χ2v) is 5.53. The Morgan fingerprint density at radius 1 is 1.00 bits per heavy atom. The molecule has 0 radical (unpaired) electrons. The fourth-order valence-corrected chi connectivity index (χ4v) is 3.71. The smallest absolute Gasteiger partial charge is 0.334 e. The number of esters is 1. The molecule has 0 spiro atoms. The second kappa shape index (κ2) is 3.59. The monoisotopic (exact) mass is 230 g/mol. The molecule has 3 aliphatic rings. The highest BCUT2D eigenvalue weighted by Gasteiger charge is 2.50. The van der Waals surface area contributed by atoms with E-state index in [0.29, 0.717) is 17.4 Å². The molecule has 3 rings (SSSR count). The van der Waals surface area contributed by atoms with E-state index in [1.807, 2.05) is 0 Å². The van der Waals surface area contributed by atoms with Crippen molar-refractivity contribution in [2.75, 3.05) is 0 Å². The third-order valence-electron chi connectivity index (χ3n) is 4.69. The van der Waals surface area contributed by atoms with Crippen molar-refractivity contribution in [3.63, 3.8) is 0 Å². The fraction of sp³-hybridized carbons (Fsp3) is 0.533. The Morgan fingerprint density at radius 3 is 2.41 bits per heavy atom. The summed E-state index contributed by atoms with van der Waals surface area (Å²) in [5.74, 6) is 0.740. The third kappa shape index (κ3) is 1.43. The molecule has 0 aromatic carbocycles. The van der Waals surface area contributed by atoms with Crippen LogP contribution in [0.1, 0.15) is 25.7 Å². The Hall–Kier alpha value is -1.31. The molecule has 2 nitrogen and oxygen atoms in total. The van der Waals surface area contributed by atoms with E-state index in [-0.39, 0.29) is 18.0 Å². The Kier molecular flexibility index (Phi) is 2.29. The summed E-state index contributed by atoms with van der Waals surface area (Å²) in [7, 11) is 0. The number of carbonyl (C=O) groups excluding carboxylic acids is 1. The van der Waals surface area contributed by atoms with Gasteiger partial charge in [0.2, 0.25) is 0 Å². The highest BCUT2D eigenvalue weighted by molar-refractivity contribution is 5.91. The van der Waals surface area contributed by atoms with E-state index in [0.717, 1.165) is 25.7 Å². The lowest BCUT2D eigenvalue weighted by Crippen LogP contribution is -2.28. The Morgan fingerprint density at radius 2 is 1.65 bits per heavy atom. The van der Waals surface area contributed by atoms with Crippen molar-refractivity contribution in [2.45, 2.75) is 31.8 Å². The normalized spacial score (nSPS) is 40.9. The van der Waals surface area contributed by atoms with Gasteiger partial charge in [0.05, 0.1) is 0 Å². The summed E-state index contributed by atoms with van der Waals surface area (Å²) < 4.78 is 5.55. The summed E-state index contributed by atoms with van der Waals surface area (Å²) in [6, 6.07) is 0. The van der Waals surface area contributed by atoms with E-state index >= 15 is 0 Å². The minimum absolute atomic E-state index is 0.0192. The zero-order valence-corrected chi connectivity index (χ0v) is 10.1. The molecule has 1 heterocycles. The number of fused-ring (bicyclic) bond motifs is 3. The zero-order chi connectivity index (χ0) is 12.2. The highest BCUT2D eigenvalue weighted by Crippen LogP contribution is 2.51. The van der Waals surface area contributed by atoms with Gasteiger partial charge in [0.1, 0.15) is 6.10 Å². The molecular formula is C15H18O2. The first-order valence-corrected chi connectivity index (χ1v) is 6.34. The SMILES string of the molecule is C=C1C(=O)O[C@H]2C1CCC(=C)[C@@H]1CCC(=C)[C@@H]12. The first-order chi connectivity index (χ1) is 8.09. The number of carbonyl (C=O) groups is 1. The van der Waals surface area contributed by atoms with Gasteiger partial charge in [-0.05, 0) is 31.6 Å². The molecule has 0 amide bonds. The molecule has 1 unspecified atom stereocenters. The summed E-state index contributed by atoms with van der Waals surface area (Å²) in [5, 5.41) is 0. The molecule has 4 atom stereocenters. The van der Waals surface area contributed by atoms with Crippen LogP contribution in [0.3, 0.4) is 0 Å². The Bertz CT molecular complexity index is 432. The quantitative estimate of drug-likeness (QED) is 0.363. The second-order valence-electron chi connectivity index (χ2n) is 5.53. The summed E-state index contributed by atoms with van der Waals surface area (Å²) >= 11 is 0. The van der Waals surface area contributed by atoms with Crippen LogP contribution < -0.4 is 0 Å². The van der Waals surface area contributed by atoms with Crippen LogP contribution in [0.4, 0.5) is 0 Å². The van der Waals surface area contributed by atoms with Crippen molar-refractivity contribution in [1.82, 2.24) is 0 Å². The van der Waals surface area contributed by atoms with Gasteiger partial charge >= 0.3 is 5.97 Å². The summed E-state index contributed by atoms with van der Waals surface area (Å²) in [5.41, 5.74) is 3.20. The standard InChI is InChI=1S/C15H18O2/c1-8-4-7-12-10(3)15(16)17-14(12)13-9(2)5-6-11(8)13/h11-14H,1-7H2/t11-,12?,13-,14-/m0/s1. The molecule has 2 saturated carbocycles. The molecule has 2 heteroatoms. The molecule has 2 aliphatic carbocycles. The fourth-order valence-electron chi connectivity index (χ4n) is 3.71. The molecule has 0 aromatic rings. The van der Waals surface area contributed by atoms with Crippen LogP contribution in [0.5, 0.6) is 0 Å². The zero-order valence-electron chi connectivity index (χ0n) is 10.1. The number of hydrogen-bond acceptors (Lipinski definition) is 2. The van der Waals surface area contributed by atoms with Crippen molar-refractivity contribution in [3.05, 3.63) is 36.5 Å². The average molecular weight is 230 g/mol. The largest absolute Gasteiger partial charge is 0.458 e. The van der Waals surface area contributed by atoms with Crippen molar-refractivity contribution in [3.8, 4) is 0 Å². The molecule has 1 saturated heterocycles. The van der Waals surface area contributed by atoms with Crippen LogP contribution in [-0.2, 0) is 9.53 Å². The van der Waals surface area contributed by atoms with E-state index in [1.165, 1.54) is 11.1 Å². The maximum absolute atomic E-state index is 11.7. The number of allylic oxidation sites excluding steroid dienone is 1. The number of hydrogen-bond donors (Lipinski definition) is 0. The van der Waals surface area contributed by atoms with Crippen molar-refractivity contribution < 1.29 is 9.53 Å². The number of ether oxygens (including phenoxy) is 1. The third-order valence-corrected chi connectivity index (χ3v) is 4.69. The lowest BCUT2D eigenvalue weighted by Gasteiger charge is -2.26. The van der Waals surface area contributed by atoms with Crippen LogP contribution in [0.2, 0.25) is 0 Å². The predicted molar refractivity (Wildman–Crippen MR) is 66.2 cm³/mol. The summed E-state index contributed by atoms with van der Waals surface area (Å²) in [4.78, 5) is 11.7. The van der Waals surface area contributed by atoms with Gasteiger partial charge in [-0.2, -0.15) is 0 Å². The van der Waals surface area contributed by atoms with Crippen LogP contribution in [0.25, 0.3) is 0 Å². The molecule has 17 heavy (non-hydrogen) atoms. The topological polar surface area (TPSA) is 26.3 Å². The molecule has 3 fully saturated rings. The van der Waals surface area contributed by atoms with Crippen molar-refractivity contribution in [2.24, 2.45) is 17.8 Å². The minimum Gasteiger partial charge on any atom is -0.458 e. The van der Waals surface area contributed by atoms with Gasteiger partial charge in [-0.25, -0.2) is 4.79 Å². The van der Waals surface area contributed by atoms with Crippen molar-refractivity contribution >= 4 is 5.97 Å². The highest BCUT2D eigenvalue weighted by atomic mass is 16.6. The van der Waals surface area contributed by atoms with E-state index < -0.39 is 0 Å². The van der Waals surface area contributed by atoms with Crippen LogP contribution in [0.15, 0.2) is 36.5 Å². The van der Waals surface area contributed by atoms with E-state index in [4.69, 9.17) is 4.74 Å². The van der Waals surface area contributed by atoms with Crippen molar-refractivity contribution in [1.29, 1.82) is 0 Å². The van der Waals surface area contributed by atoms with Gasteiger partial charge in [0.25, 0.3) is 0 Å². The van der Waals surface area contributed by atoms with Gasteiger partial charge in [-0.1, -0.05) is 30.9 Å². The first-order valence-electron chi connectivity index (χ1n) is 6.34. The molecule has 1 aliphatic heterocycles. The number of rotatable bonds is 0. The lowest BCUT2D eigenvalue weighted by molar-refractivity contribution is -0.141. The minimum atomic E-state index is -0.203. The van der Waals surface area contributed by atoms with Gasteiger partial charge in [0, 0.05) is 17.4 Å². The molecule has 90 valence electrons. The first kappa shape index (κ1) is 10.8. The molecular weight excluding hydrogens is 212 g/mol. The van der Waals surface area contributed by atoms with E-state index in [2.05, 4.69) is 19.7 Å². The maximum atomic E-state index is 11.7. The Labute approximate surface area is 102 Å². The van der Waals surface area contributed by atoms with Gasteiger partial charge < -0.3 is 4.74 Å². The van der Waals surface area contributed by atoms with E-state index in [1.54, 1.807) is 0 Å². The van der Waals surface area contributed by atoms with Crippen LogP contribution in [-0.4, -0.2) is 12.1 Å². The molecule has 0 aromatic heterocycles. The maximum Gasteiger partial charge on any atom is 0.334 e. The summed E-state index contributed by atoms with van der Waals surface area (Å²) in [6.45, 7) is 12.3. The summed E-state index contributed by atoms with van der Waals surface area (Å²) in [6.07, 6.45) is 4.09. The molecule has 0 bridgehead atoms. The average Bonchev–Trinajstić information content (AvgIpc) is 2.75. The van der Waals surface area contributed by atoms with Crippen LogP contribution >= 0.6 is 0 Å². The lowest BCUT2D eigenvalue weighted by atomic mass is 9.82. The van der Waals surface area contributed by atoms with Gasteiger partial charge in [0.15, 0.2) is 0 Å². The molecule has 0 N–H and O–H groups in total.